The second kappa shape index (κ2) is 19.5. The van der Waals surface area contributed by atoms with Crippen LogP contribution in [-0.2, 0) is 16.2 Å². The third-order valence-electron chi connectivity index (χ3n) is 14.6. The number of hydrogen-bond acceptors (Lipinski definition) is 2. The van der Waals surface area contributed by atoms with Crippen molar-refractivity contribution in [2.45, 2.75) is 78.6 Å². The van der Waals surface area contributed by atoms with Crippen molar-refractivity contribution in [1.82, 2.24) is 14.1 Å². The van der Waals surface area contributed by atoms with Gasteiger partial charge in [0.1, 0.15) is 17.3 Å². The fourth-order valence-electron chi connectivity index (χ4n) is 10.7. The van der Waals surface area contributed by atoms with Gasteiger partial charge >= 0.3 is 0 Å². The van der Waals surface area contributed by atoms with E-state index in [-0.39, 0.29) is 21.7 Å². The Morgan fingerprint density at radius 3 is 1.74 bits per heavy atom. The topological polar surface area (TPSA) is 35.9 Å². The highest BCUT2D eigenvalue weighted by Crippen LogP contribution is 2.37. The molecule has 0 aliphatic carbocycles. The number of fused-ring (bicyclic) bond motifs is 4. The molecule has 9 aromatic carbocycles. The maximum absolute atomic E-state index is 9.94. The predicted molar refractivity (Wildman–Crippen MR) is 327 cm³/mol. The standard InChI is InChI=1S/C72H66N4OSi/c1-70(2,3)52-38-35-50(36-39-52)51-37-42-64-66(45-51)74(54-23-21-24-55(47-54)77-56-40-41-61-60-31-19-20-33-63(60)76(65(61)48-56)68-46-53(43-44-73-68)71(4,5)6)49-75(64)69-62(72(7,8)9)32-22-34-67(69)78(57-25-13-10-14-26-57,58-27-15-11-16-28-58)59-29-17-12-18-30-59/h10-48H,1-9H3/i10D,11D,12D,13D,14D,15D,16D,17D,18D,25D,26D,27D,28D,29D,30D. The van der Waals surface area contributed by atoms with Crippen LogP contribution in [0.25, 0.3) is 61.2 Å². The van der Waals surface area contributed by atoms with Crippen molar-refractivity contribution in [2.24, 2.45) is 0 Å². The number of imidazole rings is 1. The molecule has 78 heavy (non-hydrogen) atoms. The molecule has 0 aliphatic rings. The Hall–Kier alpha value is -8.58. The molecule has 0 fully saturated rings. The molecular weight excluding hydrogens is 965 g/mol. The minimum Gasteiger partial charge on any atom is -0.458 e. The molecule has 12 aromatic rings. The average Bonchev–Trinajstić information content (AvgIpc) is 0.830. The Balaban J connectivity index is 1.18. The average molecular weight is 1050 g/mol. The van der Waals surface area contributed by atoms with Gasteiger partial charge < -0.3 is 4.74 Å². The molecule has 0 spiro atoms. The number of hydrogen-bond donors (Lipinski definition) is 0. The number of nitrogens with zero attached hydrogens (tertiary/aromatic N) is 4. The molecule has 0 aliphatic heterocycles. The number of benzene rings is 9. The maximum Gasteiger partial charge on any atom is 0.269 e. The van der Waals surface area contributed by atoms with E-state index in [1.165, 1.54) is 0 Å². The van der Waals surface area contributed by atoms with E-state index in [0.717, 1.165) is 49.9 Å². The monoisotopic (exact) mass is 1050 g/mol. The third kappa shape index (κ3) is 8.94. The van der Waals surface area contributed by atoms with Crippen LogP contribution in [0.3, 0.4) is 0 Å². The van der Waals surface area contributed by atoms with Crippen molar-refractivity contribution in [2.75, 3.05) is 0 Å². The first-order chi connectivity index (χ1) is 43.8. The first-order valence-electron chi connectivity index (χ1n) is 33.5. The Labute approximate surface area is 481 Å². The number of para-hydroxylation sites is 2. The summed E-state index contributed by atoms with van der Waals surface area (Å²) in [6, 6.07) is 32.1. The minimum atomic E-state index is -5.69. The van der Waals surface area contributed by atoms with Crippen LogP contribution < -0.4 is 30.1 Å². The second-order valence-electron chi connectivity index (χ2n) is 22.8. The van der Waals surface area contributed by atoms with E-state index in [1.807, 2.05) is 116 Å². The number of rotatable bonds is 10. The van der Waals surface area contributed by atoms with Gasteiger partial charge in [0.05, 0.1) is 54.0 Å². The number of ether oxygens (including phenoxy) is 1. The zero-order valence-electron chi connectivity index (χ0n) is 60.1. The molecule has 0 saturated carbocycles. The predicted octanol–water partition coefficient (Wildman–Crippen LogP) is 14.9. The number of aromatic nitrogens is 4. The molecule has 0 atom stereocenters. The molecule has 3 heterocycles. The van der Waals surface area contributed by atoms with Gasteiger partial charge in [-0.2, -0.15) is 0 Å². The summed E-state index contributed by atoms with van der Waals surface area (Å²) in [6.07, 6.45) is 5.50. The van der Waals surface area contributed by atoms with Crippen LogP contribution in [0.4, 0.5) is 0 Å². The van der Waals surface area contributed by atoms with Crippen LogP contribution in [0.5, 0.6) is 11.5 Å². The van der Waals surface area contributed by atoms with Gasteiger partial charge in [0.15, 0.2) is 8.07 Å². The van der Waals surface area contributed by atoms with E-state index in [4.69, 9.17) is 13.8 Å². The fourth-order valence-corrected chi connectivity index (χ4v) is 14.7. The summed E-state index contributed by atoms with van der Waals surface area (Å²) in [4.78, 5) is 4.88. The van der Waals surface area contributed by atoms with Crippen molar-refractivity contribution in [3.63, 3.8) is 0 Å². The molecule has 0 unspecified atom stereocenters. The summed E-state index contributed by atoms with van der Waals surface area (Å²) in [7, 11) is -5.69. The molecule has 0 radical (unpaired) electrons. The quantitative estimate of drug-likeness (QED) is 0.0592. The summed E-state index contributed by atoms with van der Waals surface area (Å²) in [6.45, 7) is 18.7. The Morgan fingerprint density at radius 2 is 1.10 bits per heavy atom. The van der Waals surface area contributed by atoms with Crippen LogP contribution in [0, 0.1) is 6.33 Å². The summed E-state index contributed by atoms with van der Waals surface area (Å²) < 4.78 is 154. The highest BCUT2D eigenvalue weighted by Gasteiger charge is 2.44. The Kier molecular flexibility index (Phi) is 8.90. The van der Waals surface area contributed by atoms with E-state index >= 15 is 0 Å². The van der Waals surface area contributed by atoms with E-state index in [9.17, 15) is 16.4 Å². The van der Waals surface area contributed by atoms with Gasteiger partial charge in [-0.15, -0.1) is 0 Å². The molecule has 5 nitrogen and oxygen atoms in total. The van der Waals surface area contributed by atoms with Crippen LogP contribution in [0.1, 0.15) is 99.6 Å². The third-order valence-corrected chi connectivity index (χ3v) is 18.8. The van der Waals surface area contributed by atoms with E-state index < -0.39 is 120 Å². The van der Waals surface area contributed by atoms with Crippen molar-refractivity contribution < 1.29 is 29.9 Å². The summed E-state index contributed by atoms with van der Waals surface area (Å²) >= 11 is 0. The van der Waals surface area contributed by atoms with Gasteiger partial charge in [-0.05, 0) is 119 Å². The largest absolute Gasteiger partial charge is 0.458 e. The molecule has 12 rings (SSSR count). The maximum atomic E-state index is 9.94. The van der Waals surface area contributed by atoms with Crippen molar-refractivity contribution in [3.05, 3.63) is 259 Å². The van der Waals surface area contributed by atoms with Crippen molar-refractivity contribution in [1.29, 1.82) is 0 Å². The molecule has 0 N–H and O–H groups in total. The SMILES string of the molecule is [2H]c1c([2H])c([2H])c([Si](c2cccc(C(C)(C)C)c2-[n+]2[c-]n(-c3cccc(Oc4ccc5c6ccccc6n(-c6cc(C(C)(C)C)ccn6)c5c4)c3)c3cc(-c4ccc(C(C)(C)C)cc4)ccc32)(c2c([2H])c([2H])c([2H])c([2H])c2[2H])c2c([2H])c([2H])c([2H])c([2H])c2[2H])c([2H])c1[2H]. The van der Waals surface area contributed by atoms with Crippen molar-refractivity contribution in [3.8, 4) is 39.8 Å². The molecule has 6 heteroatoms. The van der Waals surface area contributed by atoms with E-state index in [2.05, 4.69) is 94.9 Å². The van der Waals surface area contributed by atoms with Crippen LogP contribution in [0.15, 0.2) is 236 Å². The Morgan fingerprint density at radius 1 is 0.500 bits per heavy atom. The molecular formula is C72H66N4OSi. The highest BCUT2D eigenvalue weighted by atomic mass is 28.3. The number of pyridine rings is 1. The zero-order valence-corrected chi connectivity index (χ0v) is 46.1. The van der Waals surface area contributed by atoms with Crippen LogP contribution in [0.2, 0.25) is 0 Å². The van der Waals surface area contributed by atoms with Gasteiger partial charge in [0.25, 0.3) is 6.33 Å². The Bertz CT molecular complexity index is 4840. The lowest BCUT2D eigenvalue weighted by Crippen LogP contribution is -2.76. The molecule has 0 saturated heterocycles. The van der Waals surface area contributed by atoms with E-state index in [1.54, 1.807) is 16.7 Å². The van der Waals surface area contributed by atoms with Gasteiger partial charge in [-0.3, -0.25) is 13.7 Å². The van der Waals surface area contributed by atoms with E-state index in [0.29, 0.717) is 33.8 Å². The van der Waals surface area contributed by atoms with Gasteiger partial charge in [0.2, 0.25) is 0 Å². The lowest BCUT2D eigenvalue weighted by atomic mass is 9.85. The first kappa shape index (κ1) is 35.7. The first-order valence-corrected chi connectivity index (χ1v) is 28.0. The zero-order chi connectivity index (χ0) is 67.0. The molecule has 384 valence electrons. The molecule has 3 aromatic heterocycles. The molecule has 0 amide bonds. The highest BCUT2D eigenvalue weighted by molar-refractivity contribution is 7.20. The summed E-state index contributed by atoms with van der Waals surface area (Å²) in [5.74, 6) is 1.74. The summed E-state index contributed by atoms with van der Waals surface area (Å²) in [5.41, 5.74) is 6.91. The lowest BCUT2D eigenvalue weighted by molar-refractivity contribution is -0.572. The van der Waals surface area contributed by atoms with Gasteiger partial charge in [-0.25, -0.2) is 4.98 Å². The van der Waals surface area contributed by atoms with Gasteiger partial charge in [0, 0.05) is 23.0 Å². The van der Waals surface area contributed by atoms with Crippen LogP contribution in [-0.4, -0.2) is 22.2 Å². The summed E-state index contributed by atoms with van der Waals surface area (Å²) in [5, 5.41) is 0.229. The van der Waals surface area contributed by atoms with Gasteiger partial charge in [-0.1, -0.05) is 232 Å². The fraction of sp³-hybridized carbons (Fsp3) is 0.167. The minimum absolute atomic E-state index is 0.0297. The smallest absolute Gasteiger partial charge is 0.269 e. The molecule has 0 bridgehead atoms. The normalized spacial score (nSPS) is 15.1. The van der Waals surface area contributed by atoms with Crippen molar-refractivity contribution >= 4 is 61.7 Å². The second-order valence-corrected chi connectivity index (χ2v) is 26.3. The lowest BCUT2D eigenvalue weighted by Gasteiger charge is -2.38. The van der Waals surface area contributed by atoms with Crippen LogP contribution >= 0.6 is 0 Å².